The molecule has 2 aliphatic rings. The normalized spacial score (nSPS) is 19.1. The Morgan fingerprint density at radius 3 is 2.41 bits per heavy atom. The van der Waals surface area contributed by atoms with Gasteiger partial charge in [0.1, 0.15) is 11.6 Å². The Balaban J connectivity index is 1.40. The van der Waals surface area contributed by atoms with Crippen molar-refractivity contribution < 1.29 is 19.1 Å². The van der Waals surface area contributed by atoms with Crippen LogP contribution in [0, 0.1) is 6.92 Å². The van der Waals surface area contributed by atoms with Crippen LogP contribution in [0.3, 0.4) is 0 Å². The molecule has 1 unspecified atom stereocenters. The lowest BCUT2D eigenvalue weighted by atomic mass is 10.1. The van der Waals surface area contributed by atoms with Gasteiger partial charge in [0.25, 0.3) is 5.91 Å². The van der Waals surface area contributed by atoms with Gasteiger partial charge >= 0.3 is 5.97 Å². The Labute approximate surface area is 199 Å². The van der Waals surface area contributed by atoms with Crippen LogP contribution >= 0.6 is 0 Å². The average Bonchev–Trinajstić information content (AvgIpc) is 3.13. The number of rotatable bonds is 7. The van der Waals surface area contributed by atoms with Crippen LogP contribution < -0.4 is 9.80 Å². The third-order valence-electron chi connectivity index (χ3n) is 6.22. The van der Waals surface area contributed by atoms with Crippen LogP contribution in [0.4, 0.5) is 11.5 Å². The Hall–Kier alpha value is -3.33. The van der Waals surface area contributed by atoms with E-state index in [1.807, 2.05) is 6.92 Å². The summed E-state index contributed by atoms with van der Waals surface area (Å²) in [6.45, 7) is 8.88. The van der Waals surface area contributed by atoms with Crippen LogP contribution in [0.5, 0.6) is 0 Å². The van der Waals surface area contributed by atoms with Gasteiger partial charge in [0, 0.05) is 37.9 Å². The summed E-state index contributed by atoms with van der Waals surface area (Å²) in [4.78, 5) is 52.5. The molecular formula is C25H31N5O4. The molecule has 9 heteroatoms. The topological polar surface area (TPSA) is 95.9 Å². The van der Waals surface area contributed by atoms with E-state index >= 15 is 0 Å². The number of hydrogen-bond donors (Lipinski definition) is 0. The lowest BCUT2D eigenvalue weighted by Gasteiger charge is -2.37. The minimum absolute atomic E-state index is 0.158. The van der Waals surface area contributed by atoms with E-state index in [9.17, 15) is 14.4 Å². The maximum Gasteiger partial charge on any atom is 0.338 e. The van der Waals surface area contributed by atoms with Crippen molar-refractivity contribution in [2.24, 2.45) is 0 Å². The van der Waals surface area contributed by atoms with Gasteiger partial charge < -0.3 is 9.64 Å². The molecule has 2 aromatic rings. The van der Waals surface area contributed by atoms with Crippen LogP contribution in [0.2, 0.25) is 0 Å². The monoisotopic (exact) mass is 465 g/mol. The minimum atomic E-state index is -0.470. The first-order valence-electron chi connectivity index (χ1n) is 11.9. The van der Waals surface area contributed by atoms with E-state index in [4.69, 9.17) is 4.74 Å². The standard InChI is InChI=1S/C25H31N5O4/c1-4-6-19-15-22(27-17(3)26-19)29-13-11-28(12-14-29)21-16-23(31)30(24(21)32)20-9-7-18(8-10-20)25(33)34-5-2/h7-10,15,21H,4-6,11-14,16H2,1-3H3. The van der Waals surface area contributed by atoms with E-state index in [-0.39, 0.29) is 24.8 Å². The van der Waals surface area contributed by atoms with Gasteiger partial charge in [0.2, 0.25) is 5.91 Å². The lowest BCUT2D eigenvalue weighted by molar-refractivity contribution is -0.123. The summed E-state index contributed by atoms with van der Waals surface area (Å²) in [6, 6.07) is 7.98. The number of anilines is 2. The minimum Gasteiger partial charge on any atom is -0.462 e. The summed E-state index contributed by atoms with van der Waals surface area (Å²) in [6.07, 6.45) is 2.11. The van der Waals surface area contributed by atoms with Crippen molar-refractivity contribution in [3.8, 4) is 0 Å². The first kappa shape index (κ1) is 23.8. The van der Waals surface area contributed by atoms with E-state index in [1.54, 1.807) is 31.2 Å². The number of imide groups is 1. The highest BCUT2D eigenvalue weighted by molar-refractivity contribution is 6.22. The number of aromatic nitrogens is 2. The van der Waals surface area contributed by atoms with Crippen molar-refractivity contribution in [2.75, 3.05) is 42.6 Å². The molecule has 0 radical (unpaired) electrons. The third-order valence-corrected chi connectivity index (χ3v) is 6.22. The Morgan fingerprint density at radius 2 is 1.76 bits per heavy atom. The van der Waals surface area contributed by atoms with Crippen molar-refractivity contribution in [3.63, 3.8) is 0 Å². The van der Waals surface area contributed by atoms with E-state index in [2.05, 4.69) is 32.8 Å². The third kappa shape index (κ3) is 4.94. The Bertz CT molecular complexity index is 1060. The molecule has 1 atom stereocenters. The fourth-order valence-corrected chi connectivity index (χ4v) is 4.55. The van der Waals surface area contributed by atoms with Crippen molar-refractivity contribution in [3.05, 3.63) is 47.4 Å². The van der Waals surface area contributed by atoms with E-state index in [1.165, 1.54) is 4.90 Å². The second kappa shape index (κ2) is 10.3. The fourth-order valence-electron chi connectivity index (χ4n) is 4.55. The van der Waals surface area contributed by atoms with Gasteiger partial charge in [-0.25, -0.2) is 19.7 Å². The first-order chi connectivity index (χ1) is 16.4. The molecule has 1 aromatic heterocycles. The maximum atomic E-state index is 13.2. The number of aryl methyl sites for hydroxylation is 2. The molecule has 180 valence electrons. The molecule has 0 saturated carbocycles. The van der Waals surface area contributed by atoms with Crippen LogP contribution in [0.15, 0.2) is 30.3 Å². The second-order valence-electron chi connectivity index (χ2n) is 8.59. The predicted octanol–water partition coefficient (Wildman–Crippen LogP) is 2.37. The van der Waals surface area contributed by atoms with Gasteiger partial charge in [0.15, 0.2) is 0 Å². The van der Waals surface area contributed by atoms with Gasteiger partial charge in [-0.1, -0.05) is 13.3 Å². The summed E-state index contributed by atoms with van der Waals surface area (Å²) in [5, 5.41) is 0. The zero-order valence-corrected chi connectivity index (χ0v) is 20.0. The van der Waals surface area contributed by atoms with E-state index in [0.717, 1.165) is 43.3 Å². The number of piperazine rings is 1. The molecule has 34 heavy (non-hydrogen) atoms. The summed E-state index contributed by atoms with van der Waals surface area (Å²) in [5.41, 5.74) is 1.91. The van der Waals surface area contributed by atoms with Crippen LogP contribution in [-0.2, 0) is 20.7 Å². The van der Waals surface area contributed by atoms with Crippen molar-refractivity contribution >= 4 is 29.3 Å². The first-order valence-corrected chi connectivity index (χ1v) is 11.9. The highest BCUT2D eigenvalue weighted by atomic mass is 16.5. The summed E-state index contributed by atoms with van der Waals surface area (Å²) in [7, 11) is 0. The van der Waals surface area contributed by atoms with Crippen molar-refractivity contribution in [2.45, 2.75) is 46.1 Å². The number of carbonyl (C=O) groups excluding carboxylic acids is 3. The van der Waals surface area contributed by atoms with E-state index < -0.39 is 12.0 Å². The number of esters is 1. The van der Waals surface area contributed by atoms with Gasteiger partial charge in [-0.05, 0) is 44.5 Å². The van der Waals surface area contributed by atoms with Gasteiger partial charge in [-0.3, -0.25) is 14.5 Å². The lowest BCUT2D eigenvalue weighted by Crippen LogP contribution is -2.52. The van der Waals surface area contributed by atoms with Crippen LogP contribution in [0.1, 0.15) is 48.6 Å². The van der Waals surface area contributed by atoms with Crippen LogP contribution in [0.25, 0.3) is 0 Å². The highest BCUT2D eigenvalue weighted by Crippen LogP contribution is 2.27. The van der Waals surface area contributed by atoms with Crippen molar-refractivity contribution in [1.82, 2.24) is 14.9 Å². The Kier molecular flexibility index (Phi) is 7.21. The molecular weight excluding hydrogens is 434 g/mol. The van der Waals surface area contributed by atoms with Crippen molar-refractivity contribution in [1.29, 1.82) is 0 Å². The molecule has 1 aromatic carbocycles. The molecule has 2 amide bonds. The summed E-state index contributed by atoms with van der Waals surface area (Å²) >= 11 is 0. The van der Waals surface area contributed by atoms with Gasteiger partial charge in [-0.2, -0.15) is 0 Å². The number of carbonyl (C=O) groups is 3. The van der Waals surface area contributed by atoms with Gasteiger partial charge in [0.05, 0.1) is 30.3 Å². The largest absolute Gasteiger partial charge is 0.462 e. The van der Waals surface area contributed by atoms with Crippen LogP contribution in [-0.4, -0.2) is 71.5 Å². The summed E-state index contributed by atoms with van der Waals surface area (Å²) in [5.74, 6) is 0.823. The number of ether oxygens (including phenoxy) is 1. The molecule has 0 spiro atoms. The van der Waals surface area contributed by atoms with Gasteiger partial charge in [-0.15, -0.1) is 0 Å². The highest BCUT2D eigenvalue weighted by Gasteiger charge is 2.43. The molecule has 2 fully saturated rings. The Morgan fingerprint density at radius 1 is 1.06 bits per heavy atom. The number of amides is 2. The SMILES string of the molecule is CCCc1cc(N2CCN(C3CC(=O)N(c4ccc(C(=O)OCC)cc4)C3=O)CC2)nc(C)n1. The molecule has 2 saturated heterocycles. The molecule has 0 N–H and O–H groups in total. The molecule has 0 aliphatic carbocycles. The zero-order chi connectivity index (χ0) is 24.2. The fraction of sp³-hybridized carbons (Fsp3) is 0.480. The number of nitrogens with zero attached hydrogens (tertiary/aromatic N) is 5. The molecule has 9 nitrogen and oxygen atoms in total. The average molecular weight is 466 g/mol. The molecule has 0 bridgehead atoms. The second-order valence-corrected chi connectivity index (χ2v) is 8.59. The van der Waals surface area contributed by atoms with E-state index in [0.29, 0.717) is 24.3 Å². The molecule has 4 rings (SSSR count). The quantitative estimate of drug-likeness (QED) is 0.454. The maximum absolute atomic E-state index is 13.2. The smallest absolute Gasteiger partial charge is 0.338 e. The zero-order valence-electron chi connectivity index (χ0n) is 20.0. The predicted molar refractivity (Wildman–Crippen MR) is 128 cm³/mol. The molecule has 2 aliphatic heterocycles. The molecule has 3 heterocycles. The summed E-state index contributed by atoms with van der Waals surface area (Å²) < 4.78 is 4.99. The number of hydrogen-bond acceptors (Lipinski definition) is 8. The number of benzene rings is 1.